The lowest BCUT2D eigenvalue weighted by atomic mass is 9.56. The summed E-state index contributed by atoms with van der Waals surface area (Å²) in [5.41, 5.74) is 1.60. The number of esters is 1. The molecule has 2 aromatic rings. The van der Waals surface area contributed by atoms with Crippen molar-refractivity contribution in [1.29, 1.82) is 0 Å². The first-order chi connectivity index (χ1) is 16.9. The quantitative estimate of drug-likeness (QED) is 0.440. The Balaban J connectivity index is 1.75. The van der Waals surface area contributed by atoms with E-state index in [1.54, 1.807) is 7.11 Å². The summed E-state index contributed by atoms with van der Waals surface area (Å²) in [4.78, 5) is 29.8. The van der Waals surface area contributed by atoms with Crippen molar-refractivity contribution in [1.82, 2.24) is 9.80 Å². The van der Waals surface area contributed by atoms with Gasteiger partial charge in [-0.15, -0.1) is 6.58 Å². The molecule has 4 rings (SSSR count). The molecule has 1 heterocycles. The fraction of sp³-hybridized carbons (Fsp3) is 0.448. The van der Waals surface area contributed by atoms with E-state index in [0.717, 1.165) is 38.2 Å². The molecule has 0 spiro atoms. The summed E-state index contributed by atoms with van der Waals surface area (Å²) in [6.45, 7) is 7.91. The molecular weight excluding hydrogens is 440 g/mol. The predicted octanol–water partition coefficient (Wildman–Crippen LogP) is 4.31. The first kappa shape index (κ1) is 25.0. The first-order valence-corrected chi connectivity index (χ1v) is 12.3. The highest BCUT2D eigenvalue weighted by Gasteiger charge is 2.54. The fourth-order valence-corrected chi connectivity index (χ4v) is 6.10. The molecule has 1 amide bonds. The van der Waals surface area contributed by atoms with Crippen molar-refractivity contribution in [2.24, 2.45) is 5.92 Å². The smallest absolute Gasteiger partial charge is 0.302 e. The Hall–Kier alpha value is -3.12. The van der Waals surface area contributed by atoms with Gasteiger partial charge in [-0.1, -0.05) is 36.4 Å². The van der Waals surface area contributed by atoms with Crippen LogP contribution in [0.4, 0.5) is 0 Å². The average molecular weight is 477 g/mol. The summed E-state index contributed by atoms with van der Waals surface area (Å²) < 4.78 is 11.6. The summed E-state index contributed by atoms with van der Waals surface area (Å²) in [5, 5.41) is 0. The molecule has 0 N–H and O–H groups in total. The maximum atomic E-state index is 13.4. The van der Waals surface area contributed by atoms with Crippen LogP contribution in [-0.2, 0) is 14.9 Å². The average Bonchev–Trinajstić information content (AvgIpc) is 2.88. The van der Waals surface area contributed by atoms with Crippen LogP contribution in [0.25, 0.3) is 0 Å². The van der Waals surface area contributed by atoms with Gasteiger partial charge in [-0.3, -0.25) is 14.5 Å². The van der Waals surface area contributed by atoms with Crippen molar-refractivity contribution in [2.45, 2.75) is 43.7 Å². The number of hydrogen-bond acceptors (Lipinski definition) is 5. The number of likely N-dealkylation sites (tertiary alicyclic amines) is 1. The molecule has 2 aromatic carbocycles. The van der Waals surface area contributed by atoms with E-state index in [-0.39, 0.29) is 35.4 Å². The van der Waals surface area contributed by atoms with Gasteiger partial charge in [0.25, 0.3) is 5.91 Å². The number of methoxy groups -OCH3 is 1. The summed E-state index contributed by atoms with van der Waals surface area (Å²) in [7, 11) is 3.55. The Morgan fingerprint density at radius 3 is 2.66 bits per heavy atom. The number of nitrogens with zero attached hydrogens (tertiary/aromatic N) is 2. The topological polar surface area (TPSA) is 59.1 Å². The molecular formula is C29H36N2O4. The maximum Gasteiger partial charge on any atom is 0.302 e. The fourth-order valence-electron chi connectivity index (χ4n) is 6.10. The van der Waals surface area contributed by atoms with Crippen LogP contribution in [0.5, 0.6) is 5.75 Å². The summed E-state index contributed by atoms with van der Waals surface area (Å²) in [6.07, 6.45) is 3.96. The highest BCUT2D eigenvalue weighted by molar-refractivity contribution is 5.94. The Morgan fingerprint density at radius 2 is 1.97 bits per heavy atom. The molecule has 2 fully saturated rings. The molecule has 0 bridgehead atoms. The van der Waals surface area contributed by atoms with Gasteiger partial charge in [0.15, 0.2) is 0 Å². The van der Waals surface area contributed by atoms with E-state index >= 15 is 0 Å². The van der Waals surface area contributed by atoms with Crippen LogP contribution in [-0.4, -0.2) is 67.6 Å². The minimum atomic E-state index is -0.295. The highest BCUT2D eigenvalue weighted by Crippen LogP contribution is 2.51. The summed E-state index contributed by atoms with van der Waals surface area (Å²) >= 11 is 0. The molecule has 35 heavy (non-hydrogen) atoms. The van der Waals surface area contributed by atoms with Crippen molar-refractivity contribution >= 4 is 11.9 Å². The number of carbonyl (C=O) groups excluding carboxylic acids is 2. The molecule has 6 nitrogen and oxygen atoms in total. The van der Waals surface area contributed by atoms with Gasteiger partial charge < -0.3 is 14.4 Å². The molecule has 1 saturated heterocycles. The second-order valence-corrected chi connectivity index (χ2v) is 9.82. The van der Waals surface area contributed by atoms with Gasteiger partial charge in [-0.2, -0.15) is 0 Å². The monoisotopic (exact) mass is 476 g/mol. The second kappa shape index (κ2) is 10.6. The van der Waals surface area contributed by atoms with Crippen LogP contribution >= 0.6 is 0 Å². The van der Waals surface area contributed by atoms with E-state index in [9.17, 15) is 9.59 Å². The molecule has 6 heteroatoms. The van der Waals surface area contributed by atoms with Crippen LogP contribution in [0.15, 0.2) is 67.3 Å². The number of ether oxygens (including phenoxy) is 2. The van der Waals surface area contributed by atoms with Gasteiger partial charge >= 0.3 is 5.97 Å². The minimum Gasteiger partial charge on any atom is -0.497 e. The van der Waals surface area contributed by atoms with Gasteiger partial charge in [-0.05, 0) is 49.2 Å². The third-order valence-electron chi connectivity index (χ3n) is 7.83. The standard InChI is InChI=1S/C29H36N2O4/c1-5-15-31-16-14-29(23-12-9-13-25(17-23)34-4)19-24(18-27(26(29)20-31)35-21(2)32)30(3)28(33)22-10-7-6-8-11-22/h5-13,17,24,26-27H,1,14-16,18-20H2,2-4H3/t24-,26+,27?,29+/m1/s1. The zero-order valence-corrected chi connectivity index (χ0v) is 21.0. The lowest BCUT2D eigenvalue weighted by molar-refractivity contribution is -0.158. The van der Waals surface area contributed by atoms with E-state index in [0.29, 0.717) is 12.0 Å². The molecule has 0 aromatic heterocycles. The third-order valence-corrected chi connectivity index (χ3v) is 7.83. The van der Waals surface area contributed by atoms with Gasteiger partial charge in [-0.25, -0.2) is 0 Å². The Morgan fingerprint density at radius 1 is 1.20 bits per heavy atom. The van der Waals surface area contributed by atoms with Crippen LogP contribution in [0.3, 0.4) is 0 Å². The van der Waals surface area contributed by atoms with Gasteiger partial charge in [0.2, 0.25) is 0 Å². The van der Waals surface area contributed by atoms with E-state index < -0.39 is 0 Å². The number of piperidine rings is 1. The van der Waals surface area contributed by atoms with Gasteiger partial charge in [0.05, 0.1) is 7.11 Å². The minimum absolute atomic E-state index is 0.0134. The van der Waals surface area contributed by atoms with Crippen LogP contribution < -0.4 is 4.74 Å². The molecule has 1 unspecified atom stereocenters. The van der Waals surface area contributed by atoms with Crippen molar-refractivity contribution in [3.05, 3.63) is 78.4 Å². The molecule has 0 radical (unpaired) electrons. The Kier molecular flexibility index (Phi) is 7.60. The lowest BCUT2D eigenvalue weighted by Gasteiger charge is -2.56. The maximum absolute atomic E-state index is 13.4. The normalized spacial score (nSPS) is 26.3. The molecule has 4 atom stereocenters. The van der Waals surface area contributed by atoms with Crippen molar-refractivity contribution in [3.63, 3.8) is 0 Å². The molecule has 186 valence electrons. The van der Waals surface area contributed by atoms with Crippen LogP contribution in [0.2, 0.25) is 0 Å². The third kappa shape index (κ3) is 5.13. The van der Waals surface area contributed by atoms with Gasteiger partial charge in [0, 0.05) is 56.4 Å². The highest BCUT2D eigenvalue weighted by atomic mass is 16.5. The largest absolute Gasteiger partial charge is 0.497 e. The SMILES string of the molecule is C=CCN1CC[C@@]2(c3cccc(OC)c3)C[C@H](N(C)C(=O)c3ccccc3)CC(OC(C)=O)[C@@H]2C1. The Labute approximate surface area is 208 Å². The van der Waals surface area contributed by atoms with E-state index in [1.807, 2.05) is 60.5 Å². The molecule has 1 saturated carbocycles. The number of rotatable bonds is 7. The van der Waals surface area contributed by atoms with E-state index in [1.165, 1.54) is 12.5 Å². The number of carbonyl (C=O) groups is 2. The molecule has 2 aliphatic rings. The summed E-state index contributed by atoms with van der Waals surface area (Å²) in [6, 6.07) is 17.6. The predicted molar refractivity (Wildman–Crippen MR) is 137 cm³/mol. The second-order valence-electron chi connectivity index (χ2n) is 9.82. The molecule has 1 aliphatic carbocycles. The van der Waals surface area contributed by atoms with Gasteiger partial charge in [0.1, 0.15) is 11.9 Å². The van der Waals surface area contributed by atoms with Crippen molar-refractivity contribution in [2.75, 3.05) is 33.8 Å². The van der Waals surface area contributed by atoms with E-state index in [4.69, 9.17) is 9.47 Å². The zero-order valence-electron chi connectivity index (χ0n) is 21.0. The van der Waals surface area contributed by atoms with Crippen LogP contribution in [0, 0.1) is 5.92 Å². The van der Waals surface area contributed by atoms with Crippen molar-refractivity contribution in [3.8, 4) is 5.75 Å². The summed E-state index contributed by atoms with van der Waals surface area (Å²) in [5.74, 6) is 0.612. The zero-order chi connectivity index (χ0) is 25.0. The number of fused-ring (bicyclic) bond motifs is 1. The van der Waals surface area contributed by atoms with Crippen LogP contribution in [0.1, 0.15) is 42.1 Å². The number of benzene rings is 2. The Bertz CT molecular complexity index is 1060. The van der Waals surface area contributed by atoms with Crippen molar-refractivity contribution < 1.29 is 19.1 Å². The first-order valence-electron chi connectivity index (χ1n) is 12.3. The van der Waals surface area contributed by atoms with E-state index in [2.05, 4.69) is 23.6 Å². The lowest BCUT2D eigenvalue weighted by Crippen LogP contribution is -2.61. The number of amides is 1. The molecule has 1 aliphatic heterocycles. The number of hydrogen-bond donors (Lipinski definition) is 0.